The van der Waals surface area contributed by atoms with E-state index in [1.807, 2.05) is 7.05 Å². The van der Waals surface area contributed by atoms with Crippen molar-refractivity contribution in [3.05, 3.63) is 35.1 Å². The number of likely N-dealkylation sites (N-methyl/N-ethyl adjacent to an activating group) is 1. The van der Waals surface area contributed by atoms with Crippen molar-refractivity contribution >= 4 is 5.91 Å². The number of benzene rings is 1. The van der Waals surface area contributed by atoms with Crippen LogP contribution in [0.25, 0.3) is 0 Å². The summed E-state index contributed by atoms with van der Waals surface area (Å²) in [4.78, 5) is 13.9. The van der Waals surface area contributed by atoms with Crippen molar-refractivity contribution in [1.82, 2.24) is 10.2 Å². The van der Waals surface area contributed by atoms with Gasteiger partial charge in [-0.25, -0.2) is 13.2 Å². The Kier molecular flexibility index (Phi) is 4.09. The maximum absolute atomic E-state index is 13.5. The molecule has 104 valence electrons. The molecule has 1 amide bonds. The molecule has 0 saturated carbocycles. The Hall–Kier alpha value is -1.56. The van der Waals surface area contributed by atoms with Gasteiger partial charge >= 0.3 is 0 Å². The van der Waals surface area contributed by atoms with Gasteiger partial charge in [-0.05, 0) is 38.6 Å². The van der Waals surface area contributed by atoms with Crippen LogP contribution in [0.3, 0.4) is 0 Å². The number of nitrogens with zero attached hydrogens (tertiary/aromatic N) is 1. The maximum atomic E-state index is 13.5. The number of likely N-dealkylation sites (tertiary alicyclic amines) is 1. The van der Waals surface area contributed by atoms with Crippen molar-refractivity contribution in [2.24, 2.45) is 0 Å². The van der Waals surface area contributed by atoms with Gasteiger partial charge in [-0.3, -0.25) is 4.79 Å². The van der Waals surface area contributed by atoms with Crippen LogP contribution in [0.4, 0.5) is 13.2 Å². The number of amides is 1. The van der Waals surface area contributed by atoms with Gasteiger partial charge < -0.3 is 10.2 Å². The maximum Gasteiger partial charge on any atom is 0.254 e. The van der Waals surface area contributed by atoms with Crippen molar-refractivity contribution in [1.29, 1.82) is 0 Å². The molecule has 1 saturated heterocycles. The van der Waals surface area contributed by atoms with Gasteiger partial charge in [-0.2, -0.15) is 0 Å². The minimum atomic E-state index is -1.62. The summed E-state index contributed by atoms with van der Waals surface area (Å²) >= 11 is 0. The number of halogens is 3. The van der Waals surface area contributed by atoms with E-state index in [0.29, 0.717) is 6.54 Å². The molecule has 0 bridgehead atoms. The monoisotopic (exact) mass is 272 g/mol. The third kappa shape index (κ3) is 3.07. The Bertz CT molecular complexity index is 493. The Morgan fingerprint density at radius 1 is 1.32 bits per heavy atom. The Morgan fingerprint density at radius 2 is 2.05 bits per heavy atom. The molecule has 2 rings (SSSR count). The molecule has 3 nitrogen and oxygen atoms in total. The van der Waals surface area contributed by atoms with Gasteiger partial charge in [-0.1, -0.05) is 0 Å². The number of nitrogens with one attached hydrogen (secondary N) is 1. The number of hydrogen-bond acceptors (Lipinski definition) is 2. The standard InChI is InChI=1S/C13H15F3N2O/c1-18-6-2-3-8(7-18)17-13(19)9-4-5-10(14)12(16)11(9)15/h4-5,8H,2-3,6-7H2,1H3,(H,17,19). The molecule has 1 aliphatic rings. The smallest absolute Gasteiger partial charge is 0.254 e. The number of hydrogen-bond donors (Lipinski definition) is 1. The molecule has 1 N–H and O–H groups in total. The molecule has 6 heteroatoms. The SMILES string of the molecule is CN1CCCC(NC(=O)c2ccc(F)c(F)c2F)C1. The Morgan fingerprint density at radius 3 is 2.74 bits per heavy atom. The average molecular weight is 272 g/mol. The lowest BCUT2D eigenvalue weighted by Crippen LogP contribution is -2.46. The van der Waals surface area contributed by atoms with E-state index in [0.717, 1.165) is 31.5 Å². The van der Waals surface area contributed by atoms with Crippen LogP contribution in [-0.4, -0.2) is 37.0 Å². The predicted molar refractivity (Wildman–Crippen MR) is 64.3 cm³/mol. The van der Waals surface area contributed by atoms with Gasteiger partial charge in [0.05, 0.1) is 5.56 Å². The second-order valence-corrected chi connectivity index (χ2v) is 4.80. The van der Waals surface area contributed by atoms with Gasteiger partial charge in [-0.15, -0.1) is 0 Å². The highest BCUT2D eigenvalue weighted by Crippen LogP contribution is 2.16. The van der Waals surface area contributed by atoms with Crippen LogP contribution >= 0.6 is 0 Å². The highest BCUT2D eigenvalue weighted by Gasteiger charge is 2.23. The summed E-state index contributed by atoms with van der Waals surface area (Å²) in [6.07, 6.45) is 1.73. The van der Waals surface area contributed by atoms with E-state index < -0.39 is 28.9 Å². The first-order valence-electron chi connectivity index (χ1n) is 6.12. The van der Waals surface area contributed by atoms with Crippen LogP contribution in [0, 0.1) is 17.5 Å². The van der Waals surface area contributed by atoms with Gasteiger partial charge in [0.15, 0.2) is 17.5 Å². The highest BCUT2D eigenvalue weighted by molar-refractivity contribution is 5.94. The summed E-state index contributed by atoms with van der Waals surface area (Å²) in [5, 5.41) is 2.64. The van der Waals surface area contributed by atoms with Crippen molar-refractivity contribution in [3.8, 4) is 0 Å². The predicted octanol–water partition coefficient (Wildman–Crippen LogP) is 1.93. The summed E-state index contributed by atoms with van der Waals surface area (Å²) in [6, 6.07) is 1.61. The number of rotatable bonds is 2. The molecule has 0 aliphatic carbocycles. The van der Waals surface area contributed by atoms with Gasteiger partial charge in [0.2, 0.25) is 0 Å². The molecule has 0 spiro atoms. The number of piperidine rings is 1. The zero-order valence-electron chi connectivity index (χ0n) is 10.5. The fourth-order valence-electron chi connectivity index (χ4n) is 2.25. The minimum absolute atomic E-state index is 0.0984. The van der Waals surface area contributed by atoms with E-state index in [1.54, 1.807) is 0 Å². The van der Waals surface area contributed by atoms with Crippen molar-refractivity contribution in [3.63, 3.8) is 0 Å². The number of carbonyl (C=O) groups is 1. The second kappa shape index (κ2) is 5.61. The van der Waals surface area contributed by atoms with Crippen molar-refractivity contribution in [2.75, 3.05) is 20.1 Å². The van der Waals surface area contributed by atoms with Crippen LogP contribution in [0.5, 0.6) is 0 Å². The molecule has 19 heavy (non-hydrogen) atoms. The topological polar surface area (TPSA) is 32.3 Å². The first kappa shape index (κ1) is 13.9. The normalized spacial score (nSPS) is 20.3. The zero-order chi connectivity index (χ0) is 14.0. The summed E-state index contributed by atoms with van der Waals surface area (Å²) in [6.45, 7) is 1.61. The highest BCUT2D eigenvalue weighted by atomic mass is 19.2. The summed E-state index contributed by atoms with van der Waals surface area (Å²) < 4.78 is 39.3. The summed E-state index contributed by atoms with van der Waals surface area (Å²) in [5.74, 6) is -5.07. The van der Waals surface area contributed by atoms with Gasteiger partial charge in [0.25, 0.3) is 5.91 Å². The van der Waals surface area contributed by atoms with Crippen molar-refractivity contribution in [2.45, 2.75) is 18.9 Å². The molecule has 1 fully saturated rings. The van der Waals surface area contributed by atoms with Crippen LogP contribution < -0.4 is 5.32 Å². The molecule has 1 aliphatic heterocycles. The third-order valence-corrected chi connectivity index (χ3v) is 3.24. The fourth-order valence-corrected chi connectivity index (χ4v) is 2.25. The molecule has 1 heterocycles. The molecule has 1 unspecified atom stereocenters. The van der Waals surface area contributed by atoms with Gasteiger partial charge in [0.1, 0.15) is 0 Å². The zero-order valence-corrected chi connectivity index (χ0v) is 10.5. The Labute approximate surface area is 109 Å². The van der Waals surface area contributed by atoms with E-state index in [4.69, 9.17) is 0 Å². The number of carbonyl (C=O) groups excluding carboxylic acids is 1. The Balaban J connectivity index is 2.10. The second-order valence-electron chi connectivity index (χ2n) is 4.80. The van der Waals surface area contributed by atoms with E-state index in [2.05, 4.69) is 10.2 Å². The molecule has 0 aromatic heterocycles. The first-order valence-corrected chi connectivity index (χ1v) is 6.12. The first-order chi connectivity index (χ1) is 8.99. The van der Waals surface area contributed by atoms with E-state index in [9.17, 15) is 18.0 Å². The van der Waals surface area contributed by atoms with E-state index in [1.165, 1.54) is 0 Å². The fraction of sp³-hybridized carbons (Fsp3) is 0.462. The average Bonchev–Trinajstić information content (AvgIpc) is 2.36. The quantitative estimate of drug-likeness (QED) is 0.834. The third-order valence-electron chi connectivity index (χ3n) is 3.24. The molecule has 1 aromatic rings. The van der Waals surface area contributed by atoms with E-state index in [-0.39, 0.29) is 6.04 Å². The van der Waals surface area contributed by atoms with Crippen LogP contribution in [-0.2, 0) is 0 Å². The van der Waals surface area contributed by atoms with Crippen LogP contribution in [0.1, 0.15) is 23.2 Å². The van der Waals surface area contributed by atoms with Gasteiger partial charge in [0, 0.05) is 12.6 Å². The lowest BCUT2D eigenvalue weighted by atomic mass is 10.1. The van der Waals surface area contributed by atoms with Crippen LogP contribution in [0.15, 0.2) is 12.1 Å². The lowest BCUT2D eigenvalue weighted by molar-refractivity contribution is 0.0907. The van der Waals surface area contributed by atoms with Crippen molar-refractivity contribution < 1.29 is 18.0 Å². The molecular weight excluding hydrogens is 257 g/mol. The molecular formula is C13H15F3N2O. The van der Waals surface area contributed by atoms with Crippen LogP contribution in [0.2, 0.25) is 0 Å². The summed E-state index contributed by atoms with van der Waals surface area (Å²) in [5.41, 5.74) is -0.466. The lowest BCUT2D eigenvalue weighted by Gasteiger charge is -2.30. The summed E-state index contributed by atoms with van der Waals surface area (Å²) in [7, 11) is 1.93. The van der Waals surface area contributed by atoms with E-state index >= 15 is 0 Å². The molecule has 0 radical (unpaired) electrons. The molecule has 1 atom stereocenters. The molecule has 1 aromatic carbocycles. The minimum Gasteiger partial charge on any atom is -0.348 e. The largest absolute Gasteiger partial charge is 0.348 e.